The number of fused-ring (bicyclic) bond motifs is 1. The number of imidazole rings is 1. The molecule has 0 aliphatic carbocycles. The highest BCUT2D eigenvalue weighted by Gasteiger charge is 2.08. The van der Waals surface area contributed by atoms with Gasteiger partial charge in [0.1, 0.15) is 0 Å². The maximum atomic E-state index is 12.1. The van der Waals surface area contributed by atoms with E-state index in [1.165, 1.54) is 32.7 Å². The lowest BCUT2D eigenvalue weighted by molar-refractivity contribution is 0.596. The van der Waals surface area contributed by atoms with Gasteiger partial charge in [0, 0.05) is 36.6 Å². The molecule has 0 saturated carbocycles. The summed E-state index contributed by atoms with van der Waals surface area (Å²) in [5.74, 6) is 0. The van der Waals surface area contributed by atoms with Gasteiger partial charge in [-0.1, -0.05) is 0 Å². The number of hydrogen-bond donors (Lipinski definition) is 0. The van der Waals surface area contributed by atoms with Gasteiger partial charge in [0.2, 0.25) is 0 Å². The summed E-state index contributed by atoms with van der Waals surface area (Å²) in [6.45, 7) is 2.60. The highest BCUT2D eigenvalue weighted by molar-refractivity contribution is 7.15. The molecule has 0 aromatic carbocycles. The van der Waals surface area contributed by atoms with Crippen LogP contribution < -0.4 is 11.2 Å². The molecule has 3 aromatic rings. The van der Waals surface area contributed by atoms with E-state index in [0.29, 0.717) is 12.2 Å². The minimum absolute atomic E-state index is 0.201. The van der Waals surface area contributed by atoms with Crippen LogP contribution in [0.1, 0.15) is 12.6 Å². The zero-order valence-corrected chi connectivity index (χ0v) is 11.1. The fraction of sp³-hybridized carbons (Fsp3) is 0.250. The first kappa shape index (κ1) is 11.9. The summed E-state index contributed by atoms with van der Waals surface area (Å²) < 4.78 is 4.59. The van der Waals surface area contributed by atoms with E-state index in [1.807, 2.05) is 29.1 Å². The van der Waals surface area contributed by atoms with Crippen molar-refractivity contribution in [3.05, 3.63) is 56.6 Å². The average Bonchev–Trinajstić information content (AvgIpc) is 2.95. The van der Waals surface area contributed by atoms with Crippen molar-refractivity contribution in [3.8, 4) is 0 Å². The van der Waals surface area contributed by atoms with Crippen molar-refractivity contribution >= 4 is 16.3 Å². The fourth-order valence-electron chi connectivity index (χ4n) is 1.96. The predicted octanol–water partition coefficient (Wildman–Crippen LogP) is 0.787. The molecule has 0 spiro atoms. The number of aryl methyl sites for hydroxylation is 1. The number of thiazole rings is 1. The van der Waals surface area contributed by atoms with Crippen molar-refractivity contribution in [3.63, 3.8) is 0 Å². The fourth-order valence-corrected chi connectivity index (χ4v) is 2.68. The predicted molar refractivity (Wildman–Crippen MR) is 72.8 cm³/mol. The second-order valence-corrected chi connectivity index (χ2v) is 5.01. The molecule has 3 rings (SSSR count). The molecule has 0 saturated heterocycles. The van der Waals surface area contributed by atoms with Crippen molar-refractivity contribution in [2.75, 3.05) is 0 Å². The van der Waals surface area contributed by atoms with Gasteiger partial charge in [-0.3, -0.25) is 13.8 Å². The smallest absolute Gasteiger partial charge is 0.301 e. The minimum atomic E-state index is -0.300. The molecule has 0 amide bonds. The van der Waals surface area contributed by atoms with Crippen molar-refractivity contribution in [1.29, 1.82) is 0 Å². The molecule has 7 heteroatoms. The monoisotopic (exact) mass is 276 g/mol. The lowest BCUT2D eigenvalue weighted by atomic mass is 10.4. The first-order valence-electron chi connectivity index (χ1n) is 5.90. The van der Waals surface area contributed by atoms with Gasteiger partial charge in [0.15, 0.2) is 4.96 Å². The third-order valence-electron chi connectivity index (χ3n) is 2.94. The third kappa shape index (κ3) is 2.01. The minimum Gasteiger partial charge on any atom is -0.301 e. The quantitative estimate of drug-likeness (QED) is 0.710. The van der Waals surface area contributed by atoms with Gasteiger partial charge < -0.3 is 4.57 Å². The van der Waals surface area contributed by atoms with Crippen LogP contribution in [0.4, 0.5) is 0 Å². The van der Waals surface area contributed by atoms with Gasteiger partial charge in [0.05, 0.1) is 12.2 Å². The van der Waals surface area contributed by atoms with E-state index >= 15 is 0 Å². The number of rotatable bonds is 3. The van der Waals surface area contributed by atoms with Gasteiger partial charge in [-0.2, -0.15) is 0 Å². The second-order valence-electron chi connectivity index (χ2n) is 4.13. The van der Waals surface area contributed by atoms with E-state index in [4.69, 9.17) is 0 Å². The molecule has 0 bridgehead atoms. The molecular weight excluding hydrogens is 264 g/mol. The Labute approximate surface area is 112 Å². The largest absolute Gasteiger partial charge is 0.331 e. The topological polar surface area (TPSA) is 61.3 Å². The molecule has 0 aliphatic rings. The van der Waals surface area contributed by atoms with Crippen LogP contribution in [0, 0.1) is 0 Å². The lowest BCUT2D eigenvalue weighted by Crippen LogP contribution is -2.39. The van der Waals surface area contributed by atoms with Gasteiger partial charge in [0.25, 0.3) is 5.56 Å². The Kier molecular flexibility index (Phi) is 2.83. The summed E-state index contributed by atoms with van der Waals surface area (Å²) in [5.41, 5.74) is 0.109. The average molecular weight is 276 g/mol. The van der Waals surface area contributed by atoms with Crippen LogP contribution >= 0.6 is 11.3 Å². The van der Waals surface area contributed by atoms with Crippen molar-refractivity contribution < 1.29 is 0 Å². The molecule has 0 fully saturated rings. The summed E-state index contributed by atoms with van der Waals surface area (Å²) in [4.78, 5) is 29.1. The maximum absolute atomic E-state index is 12.1. The molecule has 19 heavy (non-hydrogen) atoms. The molecule has 0 atom stereocenters. The van der Waals surface area contributed by atoms with Crippen molar-refractivity contribution in [1.82, 2.24) is 18.5 Å². The van der Waals surface area contributed by atoms with Gasteiger partial charge in [-0.15, -0.1) is 11.3 Å². The number of nitrogens with zero attached hydrogens (tertiary/aromatic N) is 4. The summed E-state index contributed by atoms with van der Waals surface area (Å²) in [5, 5.41) is 1.94. The normalized spacial score (nSPS) is 11.2. The van der Waals surface area contributed by atoms with E-state index in [0.717, 1.165) is 4.96 Å². The molecule has 98 valence electrons. The first-order chi connectivity index (χ1) is 9.19. The van der Waals surface area contributed by atoms with Gasteiger partial charge in [-0.25, -0.2) is 9.78 Å². The van der Waals surface area contributed by atoms with Crippen LogP contribution in [0.5, 0.6) is 0 Å². The molecule has 3 heterocycles. The Morgan fingerprint density at radius 3 is 2.89 bits per heavy atom. The van der Waals surface area contributed by atoms with Crippen molar-refractivity contribution in [2.45, 2.75) is 20.0 Å². The van der Waals surface area contributed by atoms with Crippen molar-refractivity contribution in [2.24, 2.45) is 0 Å². The van der Waals surface area contributed by atoms with E-state index in [2.05, 4.69) is 4.98 Å². The van der Waals surface area contributed by atoms with Crippen LogP contribution in [0.2, 0.25) is 0 Å². The van der Waals surface area contributed by atoms with E-state index < -0.39 is 0 Å². The lowest BCUT2D eigenvalue weighted by Gasteiger charge is -2.06. The third-order valence-corrected chi connectivity index (χ3v) is 3.71. The van der Waals surface area contributed by atoms with Crippen LogP contribution in [0.15, 0.2) is 39.6 Å². The Morgan fingerprint density at radius 1 is 1.32 bits per heavy atom. The summed E-state index contributed by atoms with van der Waals surface area (Å²) >= 11 is 1.52. The van der Waals surface area contributed by atoms with Crippen LogP contribution in [0.3, 0.4) is 0 Å². The van der Waals surface area contributed by atoms with E-state index in [-0.39, 0.29) is 17.8 Å². The zero-order chi connectivity index (χ0) is 13.4. The van der Waals surface area contributed by atoms with E-state index in [9.17, 15) is 9.59 Å². The van der Waals surface area contributed by atoms with Crippen LogP contribution in [-0.4, -0.2) is 18.5 Å². The zero-order valence-electron chi connectivity index (χ0n) is 10.3. The second kappa shape index (κ2) is 4.51. The maximum Gasteiger partial charge on any atom is 0.331 e. The van der Waals surface area contributed by atoms with Crippen LogP contribution in [-0.2, 0) is 13.1 Å². The summed E-state index contributed by atoms with van der Waals surface area (Å²) in [6.07, 6.45) is 5.25. The number of aromatic nitrogens is 4. The molecule has 3 aromatic heterocycles. The SMILES string of the molecule is CCn1ccc(=O)n(Cc2cn3ccsc3n2)c1=O. The first-order valence-corrected chi connectivity index (χ1v) is 6.78. The van der Waals surface area contributed by atoms with Gasteiger partial charge >= 0.3 is 5.69 Å². The van der Waals surface area contributed by atoms with Gasteiger partial charge in [-0.05, 0) is 6.92 Å². The Balaban J connectivity index is 2.06. The molecule has 0 radical (unpaired) electrons. The van der Waals surface area contributed by atoms with E-state index in [1.54, 1.807) is 0 Å². The summed E-state index contributed by atoms with van der Waals surface area (Å²) in [7, 11) is 0. The Bertz CT molecular complexity index is 811. The molecule has 0 unspecified atom stereocenters. The number of hydrogen-bond acceptors (Lipinski definition) is 4. The standard InChI is InChI=1S/C12H12N4O2S/c1-2-14-4-3-10(17)16(12(14)18)8-9-7-15-5-6-19-11(15)13-9/h3-7H,2,8H2,1H3. The Morgan fingerprint density at radius 2 is 2.16 bits per heavy atom. The molecule has 6 nitrogen and oxygen atoms in total. The molecule has 0 aliphatic heterocycles. The highest BCUT2D eigenvalue weighted by Crippen LogP contribution is 2.11. The molecular formula is C12H12N4O2S. The summed E-state index contributed by atoms with van der Waals surface area (Å²) in [6, 6.07) is 1.41. The van der Waals surface area contributed by atoms with Crippen LogP contribution in [0.25, 0.3) is 4.96 Å². The molecule has 0 N–H and O–H groups in total. The Hall–Kier alpha value is -2.15. The highest BCUT2D eigenvalue weighted by atomic mass is 32.1.